The van der Waals surface area contributed by atoms with E-state index in [2.05, 4.69) is 10.9 Å². The van der Waals surface area contributed by atoms with E-state index in [4.69, 9.17) is 9.47 Å². The van der Waals surface area contributed by atoms with Gasteiger partial charge in [0.05, 0.1) is 0 Å². The molecule has 3 aromatic carbocycles. The second-order valence-corrected chi connectivity index (χ2v) is 6.02. The molecule has 0 heterocycles. The number of carbonyl (C=O) groups excluding carboxylic acids is 2. The first-order valence-electron chi connectivity index (χ1n) is 8.85. The fourth-order valence-electron chi connectivity index (χ4n) is 2.38. The molecule has 0 saturated heterocycles. The van der Waals surface area contributed by atoms with Crippen LogP contribution in [0.2, 0.25) is 0 Å². The molecule has 0 spiro atoms. The summed E-state index contributed by atoms with van der Waals surface area (Å²) in [6.45, 7) is -0.0159. The van der Waals surface area contributed by atoms with Crippen LogP contribution in [0.5, 0.6) is 11.5 Å². The third-order valence-corrected chi connectivity index (χ3v) is 3.88. The molecule has 0 fully saturated rings. The Morgan fingerprint density at radius 1 is 0.793 bits per heavy atom. The Balaban J connectivity index is 1.43. The largest absolute Gasteiger partial charge is 0.489 e. The molecule has 148 valence electrons. The van der Waals surface area contributed by atoms with Crippen molar-refractivity contribution in [1.29, 1.82) is 0 Å². The molecule has 3 rings (SSSR count). The summed E-state index contributed by atoms with van der Waals surface area (Å²) in [7, 11) is 0. The van der Waals surface area contributed by atoms with Gasteiger partial charge in [-0.25, -0.2) is 4.39 Å². The Kier molecular flexibility index (Phi) is 6.78. The number of amides is 2. The fraction of sp³-hybridized carbons (Fsp3) is 0.0909. The molecule has 0 atom stereocenters. The Hall–Kier alpha value is -3.87. The minimum absolute atomic E-state index is 0.0416. The summed E-state index contributed by atoms with van der Waals surface area (Å²) >= 11 is 0. The van der Waals surface area contributed by atoms with Crippen LogP contribution in [0, 0.1) is 5.82 Å². The van der Waals surface area contributed by atoms with Crippen molar-refractivity contribution in [2.45, 2.75) is 6.61 Å². The third kappa shape index (κ3) is 6.07. The second-order valence-electron chi connectivity index (χ2n) is 6.02. The van der Waals surface area contributed by atoms with Gasteiger partial charge in [0.15, 0.2) is 18.2 Å². The van der Waals surface area contributed by atoms with Crippen molar-refractivity contribution < 1.29 is 23.5 Å². The van der Waals surface area contributed by atoms with E-state index in [0.29, 0.717) is 17.9 Å². The van der Waals surface area contributed by atoms with Gasteiger partial charge in [-0.05, 0) is 42.0 Å². The number of nitrogens with one attached hydrogen (secondary N) is 2. The number of para-hydroxylation sites is 1. The summed E-state index contributed by atoms with van der Waals surface area (Å²) < 4.78 is 24.1. The molecule has 2 N–H and O–H groups in total. The van der Waals surface area contributed by atoms with Crippen molar-refractivity contribution >= 4 is 11.8 Å². The lowest BCUT2D eigenvalue weighted by atomic mass is 10.2. The SMILES string of the molecule is O=C(COc1ccccc1F)NNC(=O)c1ccc(OCc2ccccc2)cc1. The molecule has 6 nitrogen and oxygen atoms in total. The molecule has 0 saturated carbocycles. The molecule has 0 aliphatic carbocycles. The lowest BCUT2D eigenvalue weighted by molar-refractivity contribution is -0.123. The number of hydrazine groups is 1. The summed E-state index contributed by atoms with van der Waals surface area (Å²) in [6, 6.07) is 21.9. The molecular formula is C22H19FN2O4. The molecule has 7 heteroatoms. The van der Waals surface area contributed by atoms with Gasteiger partial charge in [0.25, 0.3) is 11.8 Å². The zero-order valence-corrected chi connectivity index (χ0v) is 15.4. The number of halogens is 1. The van der Waals surface area contributed by atoms with Gasteiger partial charge in [-0.1, -0.05) is 42.5 Å². The highest BCUT2D eigenvalue weighted by molar-refractivity contribution is 5.95. The van der Waals surface area contributed by atoms with E-state index in [1.165, 1.54) is 18.2 Å². The van der Waals surface area contributed by atoms with Crippen molar-refractivity contribution in [1.82, 2.24) is 10.9 Å². The lowest BCUT2D eigenvalue weighted by Crippen LogP contribution is -2.43. The van der Waals surface area contributed by atoms with Crippen LogP contribution in [0.1, 0.15) is 15.9 Å². The first-order chi connectivity index (χ1) is 14.1. The highest BCUT2D eigenvalue weighted by atomic mass is 19.1. The van der Waals surface area contributed by atoms with E-state index in [1.807, 2.05) is 30.3 Å². The maximum atomic E-state index is 13.4. The Labute approximate surface area is 167 Å². The molecule has 0 radical (unpaired) electrons. The monoisotopic (exact) mass is 394 g/mol. The minimum Gasteiger partial charge on any atom is -0.489 e. The van der Waals surface area contributed by atoms with Crippen molar-refractivity contribution in [2.24, 2.45) is 0 Å². The number of hydrogen-bond donors (Lipinski definition) is 2. The molecule has 29 heavy (non-hydrogen) atoms. The predicted octanol–water partition coefficient (Wildman–Crippen LogP) is 3.24. The number of carbonyl (C=O) groups is 2. The van der Waals surface area contributed by atoms with Gasteiger partial charge < -0.3 is 9.47 Å². The number of hydrogen-bond acceptors (Lipinski definition) is 4. The van der Waals surface area contributed by atoms with E-state index in [-0.39, 0.29) is 5.75 Å². The number of benzene rings is 3. The van der Waals surface area contributed by atoms with Gasteiger partial charge >= 0.3 is 0 Å². The van der Waals surface area contributed by atoms with E-state index >= 15 is 0 Å². The first-order valence-corrected chi connectivity index (χ1v) is 8.85. The van der Waals surface area contributed by atoms with Crippen LogP contribution >= 0.6 is 0 Å². The third-order valence-electron chi connectivity index (χ3n) is 3.88. The summed E-state index contributed by atoms with van der Waals surface area (Å²) in [5.74, 6) is -1.12. The molecule has 0 unspecified atom stereocenters. The van der Waals surface area contributed by atoms with Gasteiger partial charge in [-0.3, -0.25) is 20.4 Å². The van der Waals surface area contributed by atoms with Crippen LogP contribution in [-0.2, 0) is 11.4 Å². The second kappa shape index (κ2) is 9.89. The van der Waals surface area contributed by atoms with Crippen LogP contribution in [0.25, 0.3) is 0 Å². The average Bonchev–Trinajstić information content (AvgIpc) is 2.76. The quantitative estimate of drug-likeness (QED) is 0.603. The predicted molar refractivity (Wildman–Crippen MR) is 105 cm³/mol. The van der Waals surface area contributed by atoms with Gasteiger partial charge in [-0.2, -0.15) is 0 Å². The normalized spacial score (nSPS) is 10.1. The summed E-state index contributed by atoms with van der Waals surface area (Å²) in [5, 5.41) is 0. The van der Waals surface area contributed by atoms with E-state index in [9.17, 15) is 14.0 Å². The minimum atomic E-state index is -0.621. The average molecular weight is 394 g/mol. The number of rotatable bonds is 7. The zero-order valence-electron chi connectivity index (χ0n) is 15.4. The van der Waals surface area contributed by atoms with E-state index < -0.39 is 24.2 Å². The molecule has 0 aromatic heterocycles. The Bertz CT molecular complexity index is 962. The van der Waals surface area contributed by atoms with Crippen LogP contribution in [0.15, 0.2) is 78.9 Å². The summed E-state index contributed by atoms with van der Waals surface area (Å²) in [5.41, 5.74) is 5.87. The molecule has 0 bridgehead atoms. The summed E-state index contributed by atoms with van der Waals surface area (Å²) in [6.07, 6.45) is 0. The zero-order chi connectivity index (χ0) is 20.5. The molecule has 2 amide bonds. The standard InChI is InChI=1S/C22H19FN2O4/c23-19-8-4-5-9-20(19)29-15-21(26)24-25-22(27)17-10-12-18(13-11-17)28-14-16-6-2-1-3-7-16/h1-13H,14-15H2,(H,24,26)(H,25,27). The van der Waals surface area contributed by atoms with Gasteiger partial charge in [-0.15, -0.1) is 0 Å². The van der Waals surface area contributed by atoms with Crippen LogP contribution in [0.4, 0.5) is 4.39 Å². The van der Waals surface area contributed by atoms with Crippen molar-refractivity contribution in [3.63, 3.8) is 0 Å². The maximum absolute atomic E-state index is 13.4. The molecule has 3 aromatic rings. The molecule has 0 aliphatic heterocycles. The van der Waals surface area contributed by atoms with Crippen LogP contribution in [-0.4, -0.2) is 18.4 Å². The topological polar surface area (TPSA) is 76.7 Å². The summed E-state index contributed by atoms with van der Waals surface area (Å²) in [4.78, 5) is 23.8. The van der Waals surface area contributed by atoms with Gasteiger partial charge in [0, 0.05) is 5.56 Å². The van der Waals surface area contributed by atoms with Gasteiger partial charge in [0.1, 0.15) is 12.4 Å². The Morgan fingerprint density at radius 3 is 2.21 bits per heavy atom. The maximum Gasteiger partial charge on any atom is 0.276 e. The van der Waals surface area contributed by atoms with Crippen molar-refractivity contribution in [2.75, 3.05) is 6.61 Å². The van der Waals surface area contributed by atoms with Crippen molar-refractivity contribution in [3.8, 4) is 11.5 Å². The van der Waals surface area contributed by atoms with E-state index in [0.717, 1.165) is 5.56 Å². The van der Waals surface area contributed by atoms with Crippen molar-refractivity contribution in [3.05, 3.63) is 95.8 Å². The van der Waals surface area contributed by atoms with Crippen LogP contribution in [0.3, 0.4) is 0 Å². The molecular weight excluding hydrogens is 375 g/mol. The van der Waals surface area contributed by atoms with Gasteiger partial charge in [0.2, 0.25) is 0 Å². The Morgan fingerprint density at radius 2 is 1.48 bits per heavy atom. The first kappa shape index (κ1) is 19.9. The lowest BCUT2D eigenvalue weighted by Gasteiger charge is -2.10. The highest BCUT2D eigenvalue weighted by Crippen LogP contribution is 2.15. The highest BCUT2D eigenvalue weighted by Gasteiger charge is 2.09. The van der Waals surface area contributed by atoms with E-state index in [1.54, 1.807) is 30.3 Å². The van der Waals surface area contributed by atoms with Crippen LogP contribution < -0.4 is 20.3 Å². The smallest absolute Gasteiger partial charge is 0.276 e. The number of ether oxygens (including phenoxy) is 2. The fourth-order valence-corrected chi connectivity index (χ4v) is 2.38. The molecule has 0 aliphatic rings.